The molecule has 0 radical (unpaired) electrons. The highest BCUT2D eigenvalue weighted by Gasteiger charge is 2.19. The zero-order valence-corrected chi connectivity index (χ0v) is 20.7. The number of hydrogen-bond donors (Lipinski definition) is 1. The minimum absolute atomic E-state index is 0.0830. The maximum Gasteiger partial charge on any atom is 0.267 e. The molecule has 0 aliphatic heterocycles. The van der Waals surface area contributed by atoms with Gasteiger partial charge in [0.1, 0.15) is 4.83 Å². The summed E-state index contributed by atoms with van der Waals surface area (Å²) in [7, 11) is 0. The highest BCUT2D eigenvalue weighted by atomic mass is 32.2. The molecule has 0 unspecified atom stereocenters. The normalized spacial score (nSPS) is 11.1. The molecule has 0 atom stereocenters. The number of nitrogens with zero attached hydrogens (tertiary/aromatic N) is 2. The zero-order valence-electron chi connectivity index (χ0n) is 19.1. The first kappa shape index (κ1) is 23.3. The molecule has 0 spiro atoms. The molecule has 0 aliphatic rings. The maximum atomic E-state index is 13.6. The number of rotatable bonds is 8. The molecule has 4 aromatic rings. The van der Waals surface area contributed by atoms with Crippen molar-refractivity contribution in [3.8, 4) is 5.69 Å². The molecule has 7 heteroatoms. The standard InChI is InChI=1S/C26H27N3O2S2/c1-4-9-21-17(3)23-24(33-21)28-26(29(25(23)31)20-10-7-6-8-11-20)32-16-22(30)27-19-14-12-18(5-2)13-15-19/h6-8,10-15H,4-5,9,16H2,1-3H3,(H,27,30). The summed E-state index contributed by atoms with van der Waals surface area (Å²) in [5, 5.41) is 4.14. The number of benzene rings is 2. The average molecular weight is 478 g/mol. The Morgan fingerprint density at radius 1 is 1.09 bits per heavy atom. The van der Waals surface area contributed by atoms with E-state index in [1.165, 1.54) is 22.2 Å². The molecule has 0 saturated carbocycles. The topological polar surface area (TPSA) is 64.0 Å². The van der Waals surface area contributed by atoms with Crippen molar-refractivity contribution in [3.63, 3.8) is 0 Å². The molecule has 1 amide bonds. The second-order valence-electron chi connectivity index (χ2n) is 7.84. The summed E-state index contributed by atoms with van der Waals surface area (Å²) in [6.45, 7) is 6.24. The molecule has 5 nitrogen and oxygen atoms in total. The van der Waals surface area contributed by atoms with Gasteiger partial charge in [-0.2, -0.15) is 0 Å². The Bertz CT molecular complexity index is 1330. The van der Waals surface area contributed by atoms with Crippen LogP contribution in [0.15, 0.2) is 64.5 Å². The van der Waals surface area contributed by atoms with Crippen LogP contribution in [0.4, 0.5) is 5.69 Å². The van der Waals surface area contributed by atoms with Crippen molar-refractivity contribution in [2.75, 3.05) is 11.1 Å². The number of para-hydroxylation sites is 1. The van der Waals surface area contributed by atoms with Gasteiger partial charge in [0.05, 0.1) is 16.8 Å². The monoisotopic (exact) mass is 477 g/mol. The summed E-state index contributed by atoms with van der Waals surface area (Å²) in [6, 6.07) is 17.3. The number of fused-ring (bicyclic) bond motifs is 1. The number of hydrogen-bond acceptors (Lipinski definition) is 5. The van der Waals surface area contributed by atoms with E-state index in [4.69, 9.17) is 4.98 Å². The summed E-state index contributed by atoms with van der Waals surface area (Å²) >= 11 is 2.86. The van der Waals surface area contributed by atoms with Gasteiger partial charge in [0, 0.05) is 10.6 Å². The molecule has 0 aliphatic carbocycles. The third-order valence-electron chi connectivity index (χ3n) is 5.50. The van der Waals surface area contributed by atoms with Gasteiger partial charge in [-0.15, -0.1) is 11.3 Å². The van der Waals surface area contributed by atoms with E-state index in [-0.39, 0.29) is 17.2 Å². The quantitative estimate of drug-likeness (QED) is 0.250. The fraction of sp³-hybridized carbons (Fsp3) is 0.269. The van der Waals surface area contributed by atoms with Crippen LogP contribution in [0.2, 0.25) is 0 Å². The molecular formula is C26H27N3O2S2. The lowest BCUT2D eigenvalue weighted by Crippen LogP contribution is -2.22. The van der Waals surface area contributed by atoms with Crippen LogP contribution in [0.25, 0.3) is 15.9 Å². The van der Waals surface area contributed by atoms with E-state index in [1.807, 2.05) is 61.5 Å². The van der Waals surface area contributed by atoms with Crippen molar-refractivity contribution in [1.82, 2.24) is 9.55 Å². The predicted molar refractivity (Wildman–Crippen MR) is 139 cm³/mol. The molecule has 170 valence electrons. The van der Waals surface area contributed by atoms with Crippen LogP contribution >= 0.6 is 23.1 Å². The molecule has 4 rings (SSSR count). The number of amides is 1. The third-order valence-corrected chi connectivity index (χ3v) is 7.69. The van der Waals surface area contributed by atoms with Gasteiger partial charge < -0.3 is 5.32 Å². The molecule has 1 N–H and O–H groups in total. The highest BCUT2D eigenvalue weighted by molar-refractivity contribution is 7.99. The Balaban J connectivity index is 1.66. The van der Waals surface area contributed by atoms with Crippen molar-refractivity contribution in [2.24, 2.45) is 0 Å². The molecular weight excluding hydrogens is 450 g/mol. The summed E-state index contributed by atoms with van der Waals surface area (Å²) in [4.78, 5) is 33.0. The number of thioether (sulfide) groups is 1. The molecule has 0 fully saturated rings. The maximum absolute atomic E-state index is 13.6. The van der Waals surface area contributed by atoms with Gasteiger partial charge in [0.15, 0.2) is 5.16 Å². The van der Waals surface area contributed by atoms with Gasteiger partial charge in [-0.3, -0.25) is 14.2 Å². The van der Waals surface area contributed by atoms with Crippen LogP contribution in [0.3, 0.4) is 0 Å². The van der Waals surface area contributed by atoms with Crippen LogP contribution in [-0.4, -0.2) is 21.2 Å². The highest BCUT2D eigenvalue weighted by Crippen LogP contribution is 2.31. The van der Waals surface area contributed by atoms with Gasteiger partial charge in [0.2, 0.25) is 5.91 Å². The van der Waals surface area contributed by atoms with Crippen LogP contribution in [-0.2, 0) is 17.6 Å². The van der Waals surface area contributed by atoms with Crippen molar-refractivity contribution < 1.29 is 4.79 Å². The summed E-state index contributed by atoms with van der Waals surface area (Å²) < 4.78 is 1.63. The third kappa shape index (κ3) is 5.04. The van der Waals surface area contributed by atoms with E-state index >= 15 is 0 Å². The largest absolute Gasteiger partial charge is 0.325 e. The van der Waals surface area contributed by atoms with Crippen molar-refractivity contribution in [1.29, 1.82) is 0 Å². The molecule has 2 aromatic carbocycles. The minimum Gasteiger partial charge on any atom is -0.325 e. The Labute approximate surface area is 201 Å². The summed E-state index contributed by atoms with van der Waals surface area (Å²) in [5.74, 6) is 0.0270. The van der Waals surface area contributed by atoms with Gasteiger partial charge in [0.25, 0.3) is 5.56 Å². The molecule has 0 bridgehead atoms. The molecule has 2 aromatic heterocycles. The van der Waals surface area contributed by atoms with Crippen LogP contribution in [0.5, 0.6) is 0 Å². The predicted octanol–water partition coefficient (Wildman–Crippen LogP) is 6.00. The average Bonchev–Trinajstić information content (AvgIpc) is 3.14. The van der Waals surface area contributed by atoms with E-state index in [9.17, 15) is 9.59 Å². The van der Waals surface area contributed by atoms with Crippen LogP contribution in [0, 0.1) is 6.92 Å². The zero-order chi connectivity index (χ0) is 23.4. The number of aryl methyl sites for hydroxylation is 3. The van der Waals surface area contributed by atoms with Crippen LogP contribution in [0.1, 0.15) is 36.3 Å². The van der Waals surface area contributed by atoms with Crippen LogP contribution < -0.4 is 10.9 Å². The van der Waals surface area contributed by atoms with Crippen molar-refractivity contribution in [2.45, 2.75) is 45.2 Å². The van der Waals surface area contributed by atoms with Crippen molar-refractivity contribution >= 4 is 44.9 Å². The minimum atomic E-state index is -0.132. The second kappa shape index (κ2) is 10.4. The number of aromatic nitrogens is 2. The smallest absolute Gasteiger partial charge is 0.267 e. The van der Waals surface area contributed by atoms with Gasteiger partial charge >= 0.3 is 0 Å². The molecule has 33 heavy (non-hydrogen) atoms. The van der Waals surface area contributed by atoms with Gasteiger partial charge in [-0.1, -0.05) is 62.4 Å². The van der Waals surface area contributed by atoms with E-state index in [0.717, 1.165) is 41.0 Å². The SMILES string of the molecule is CCCc1sc2nc(SCC(=O)Nc3ccc(CC)cc3)n(-c3ccccc3)c(=O)c2c1C. The van der Waals surface area contributed by atoms with E-state index in [1.54, 1.807) is 15.9 Å². The Hall–Kier alpha value is -2.90. The van der Waals surface area contributed by atoms with Gasteiger partial charge in [-0.25, -0.2) is 4.98 Å². The lowest BCUT2D eigenvalue weighted by atomic mass is 10.1. The second-order valence-corrected chi connectivity index (χ2v) is 9.86. The van der Waals surface area contributed by atoms with Crippen molar-refractivity contribution in [3.05, 3.63) is 81.0 Å². The first-order chi connectivity index (χ1) is 16.0. The van der Waals surface area contributed by atoms with E-state index in [0.29, 0.717) is 10.5 Å². The number of anilines is 1. The molecule has 2 heterocycles. The fourth-order valence-corrected chi connectivity index (χ4v) is 5.86. The van der Waals surface area contributed by atoms with E-state index < -0.39 is 0 Å². The Kier molecular flexibility index (Phi) is 7.30. The Morgan fingerprint density at radius 3 is 2.48 bits per heavy atom. The van der Waals surface area contributed by atoms with E-state index in [2.05, 4.69) is 19.2 Å². The van der Waals surface area contributed by atoms with Gasteiger partial charge in [-0.05, 0) is 55.2 Å². The fourth-order valence-electron chi connectivity index (χ4n) is 3.73. The number of carbonyl (C=O) groups is 1. The number of carbonyl (C=O) groups excluding carboxylic acids is 1. The summed E-state index contributed by atoms with van der Waals surface area (Å²) in [6.07, 6.45) is 2.90. The lowest BCUT2D eigenvalue weighted by molar-refractivity contribution is -0.113. The lowest BCUT2D eigenvalue weighted by Gasteiger charge is -2.12. The number of nitrogens with one attached hydrogen (secondary N) is 1. The first-order valence-electron chi connectivity index (χ1n) is 11.1. The summed E-state index contributed by atoms with van der Waals surface area (Å²) in [5.41, 5.74) is 3.67. The first-order valence-corrected chi connectivity index (χ1v) is 12.9. The Morgan fingerprint density at radius 2 is 1.82 bits per heavy atom. The number of thiophene rings is 1. The molecule has 0 saturated heterocycles.